The SMILES string of the molecule is CC(C)(C)[C@H](NC(=O)O)C(=O)N1[C@@H]2C[C@@H]2C[C@H]1c1nc(-c2ccc(-c3ccc(-c4c[nH]c([C@@H]5C[C@@H]6C[C@H]6N5C(=O)CCCC[C@@H]5SC[C@@H]6NC(=O)N[C@@H]65)n4)cc3)cc2)c[nH]1. The molecule has 0 spiro atoms. The Labute approximate surface area is 353 Å². The Kier molecular flexibility index (Phi) is 9.72. The van der Waals surface area contributed by atoms with Crippen molar-refractivity contribution in [2.75, 3.05) is 5.75 Å². The fraction of sp³-hybridized carbons (Fsp3) is 0.511. The van der Waals surface area contributed by atoms with Crippen molar-refractivity contribution in [3.05, 3.63) is 72.6 Å². The summed E-state index contributed by atoms with van der Waals surface area (Å²) in [5.41, 5.74) is 5.19. The van der Waals surface area contributed by atoms with E-state index in [4.69, 9.17) is 9.97 Å². The van der Waals surface area contributed by atoms with E-state index in [9.17, 15) is 24.3 Å². The second-order valence-corrected chi connectivity index (χ2v) is 20.1. The van der Waals surface area contributed by atoms with Crippen LogP contribution < -0.4 is 16.0 Å². The molecule has 15 heteroatoms. The maximum Gasteiger partial charge on any atom is 0.405 e. The summed E-state index contributed by atoms with van der Waals surface area (Å²) in [6.07, 6.45) is 9.82. The molecule has 4 saturated heterocycles. The number of amides is 5. The van der Waals surface area contributed by atoms with Gasteiger partial charge in [0, 0.05) is 53.0 Å². The maximum atomic E-state index is 13.8. The average molecular weight is 832 g/mol. The Balaban J connectivity index is 0.755. The van der Waals surface area contributed by atoms with Gasteiger partial charge >= 0.3 is 12.1 Å². The van der Waals surface area contributed by atoms with Gasteiger partial charge in [0.15, 0.2) is 0 Å². The number of piperidine rings is 2. The lowest BCUT2D eigenvalue weighted by molar-refractivity contribution is -0.138. The first-order valence-corrected chi connectivity index (χ1v) is 22.6. The fourth-order valence-electron chi connectivity index (χ4n) is 10.4. The molecular formula is C45H53N9O5S. The number of benzene rings is 2. The van der Waals surface area contributed by atoms with Gasteiger partial charge in [0.1, 0.15) is 17.7 Å². The summed E-state index contributed by atoms with van der Waals surface area (Å²) in [5.74, 6) is 3.55. The molecule has 4 aromatic rings. The summed E-state index contributed by atoms with van der Waals surface area (Å²) in [7, 11) is 0. The number of aromatic nitrogens is 4. The number of fused-ring (bicyclic) bond motifs is 3. The highest BCUT2D eigenvalue weighted by atomic mass is 32.2. The van der Waals surface area contributed by atoms with E-state index in [2.05, 4.69) is 79.3 Å². The number of imidazole rings is 2. The van der Waals surface area contributed by atoms with E-state index in [0.717, 1.165) is 96.0 Å². The molecule has 5 amide bonds. The Hall–Kier alpha value is -5.31. The van der Waals surface area contributed by atoms with E-state index in [0.29, 0.717) is 29.5 Å². The third-order valence-corrected chi connectivity index (χ3v) is 15.2. The number of nitrogens with zero attached hydrogens (tertiary/aromatic N) is 4. The molecule has 0 unspecified atom stereocenters. The zero-order valence-electron chi connectivity index (χ0n) is 34.2. The Morgan fingerprint density at radius 2 is 1.35 bits per heavy atom. The van der Waals surface area contributed by atoms with Crippen molar-refractivity contribution in [2.45, 2.75) is 120 Å². The Bertz CT molecular complexity index is 2300. The molecule has 60 heavy (non-hydrogen) atoms. The van der Waals surface area contributed by atoms with Gasteiger partial charge in [0.05, 0.1) is 35.6 Å². The van der Waals surface area contributed by atoms with Crippen LogP contribution in [0.3, 0.4) is 0 Å². The number of aromatic amines is 2. The van der Waals surface area contributed by atoms with Gasteiger partial charge in [-0.3, -0.25) is 9.59 Å². The number of H-pyrrole nitrogens is 2. The van der Waals surface area contributed by atoms with E-state index in [1.807, 2.05) is 49.8 Å². The number of unbranched alkanes of at least 4 members (excludes halogenated alkanes) is 1. The molecule has 14 nitrogen and oxygen atoms in total. The van der Waals surface area contributed by atoms with Crippen LogP contribution in [0, 0.1) is 17.3 Å². The van der Waals surface area contributed by atoms with Crippen molar-refractivity contribution in [3.63, 3.8) is 0 Å². The Morgan fingerprint density at radius 3 is 1.92 bits per heavy atom. The van der Waals surface area contributed by atoms with E-state index in [1.54, 1.807) is 0 Å². The second kappa shape index (κ2) is 15.0. The van der Waals surface area contributed by atoms with Crippen LogP contribution in [-0.4, -0.2) is 100.0 Å². The van der Waals surface area contributed by atoms with Crippen LogP contribution in [0.4, 0.5) is 9.59 Å². The quantitative estimate of drug-likeness (QED) is 0.0660. The normalized spacial score (nSPS) is 29.1. The second-order valence-electron chi connectivity index (χ2n) is 18.8. The summed E-state index contributed by atoms with van der Waals surface area (Å²) in [6.45, 7) is 5.63. The standard InChI is InChI=1S/C45H53N9O5S/c1-45(2,3)39(52-44(58)59)42(56)54-33-17-28(33)19-35(54)41-47-21-30(49-41)26-14-10-24(11-15-26)23-8-12-25(13-9-23)29-20-46-40(48-29)34-18-27-16-32(27)53(34)37(55)7-5-4-6-36-38-31(22-60-36)50-43(57)51-38/h8-15,20-21,27-28,31-36,38-39,52H,4-7,16-19,22H2,1-3H3,(H,46,48)(H,47,49)(H,58,59)(H2,50,51,57)/t27-,28+,31-,32+,33+,34-,35-,36-,38-,39+/m0/s1. The number of thioether (sulfide) groups is 1. The van der Waals surface area contributed by atoms with Crippen LogP contribution in [0.1, 0.15) is 95.9 Å². The van der Waals surface area contributed by atoms with Crippen molar-refractivity contribution in [1.29, 1.82) is 0 Å². The first kappa shape index (κ1) is 38.9. The third-order valence-electron chi connectivity index (χ3n) is 13.7. The van der Waals surface area contributed by atoms with E-state index in [-0.39, 0.29) is 48.1 Å². The molecule has 10 atom stereocenters. The molecule has 6 fully saturated rings. The fourth-order valence-corrected chi connectivity index (χ4v) is 11.9. The summed E-state index contributed by atoms with van der Waals surface area (Å²) in [5, 5.41) is 18.4. The number of rotatable bonds is 12. The van der Waals surface area contributed by atoms with Gasteiger partial charge in [-0.25, -0.2) is 19.6 Å². The van der Waals surface area contributed by atoms with Crippen LogP contribution in [0.2, 0.25) is 0 Å². The van der Waals surface area contributed by atoms with Crippen molar-refractivity contribution >= 4 is 35.7 Å². The number of carbonyl (C=O) groups excluding carboxylic acids is 3. The number of carbonyl (C=O) groups is 4. The maximum absolute atomic E-state index is 13.8. The number of carboxylic acid groups (broad SMARTS) is 1. The lowest BCUT2D eigenvalue weighted by atomic mass is 9.85. The number of nitrogens with one attached hydrogen (secondary N) is 5. The zero-order valence-corrected chi connectivity index (χ0v) is 35.0. The predicted octanol–water partition coefficient (Wildman–Crippen LogP) is 6.87. The monoisotopic (exact) mass is 831 g/mol. The molecule has 6 aliphatic rings. The summed E-state index contributed by atoms with van der Waals surface area (Å²) >= 11 is 1.92. The van der Waals surface area contributed by atoms with Crippen molar-refractivity contribution < 1.29 is 24.3 Å². The topological polar surface area (TPSA) is 188 Å². The minimum atomic E-state index is -1.20. The highest BCUT2D eigenvalue weighted by Gasteiger charge is 2.57. The van der Waals surface area contributed by atoms with Gasteiger partial charge in [-0.2, -0.15) is 11.8 Å². The molecular weight excluding hydrogens is 779 g/mol. The Morgan fingerprint density at radius 1 is 0.800 bits per heavy atom. The average Bonchev–Trinajstić information content (AvgIpc) is 3.67. The van der Waals surface area contributed by atoms with Crippen LogP contribution in [0.5, 0.6) is 0 Å². The molecule has 2 aromatic carbocycles. The highest BCUT2D eigenvalue weighted by Crippen LogP contribution is 2.55. The van der Waals surface area contributed by atoms with E-state index in [1.165, 1.54) is 0 Å². The van der Waals surface area contributed by atoms with E-state index >= 15 is 0 Å². The molecule has 2 aliphatic carbocycles. The van der Waals surface area contributed by atoms with Gasteiger partial charge in [-0.15, -0.1) is 0 Å². The number of urea groups is 1. The molecule has 0 radical (unpaired) electrons. The van der Waals surface area contributed by atoms with Gasteiger partial charge in [-0.05, 0) is 66.9 Å². The van der Waals surface area contributed by atoms with Gasteiger partial charge in [0.25, 0.3) is 0 Å². The smallest absolute Gasteiger partial charge is 0.405 e. The van der Waals surface area contributed by atoms with Crippen LogP contribution in [-0.2, 0) is 9.59 Å². The third kappa shape index (κ3) is 7.32. The highest BCUT2D eigenvalue weighted by molar-refractivity contribution is 8.00. The molecule has 0 bridgehead atoms. The molecule has 10 rings (SSSR count). The first-order valence-electron chi connectivity index (χ1n) is 21.5. The van der Waals surface area contributed by atoms with Gasteiger partial charge in [-0.1, -0.05) is 75.7 Å². The van der Waals surface area contributed by atoms with Crippen LogP contribution in [0.15, 0.2) is 60.9 Å². The van der Waals surface area contributed by atoms with Gasteiger partial charge in [0.2, 0.25) is 11.8 Å². The minimum Gasteiger partial charge on any atom is -0.465 e. The molecule has 4 aliphatic heterocycles. The molecule has 2 aromatic heterocycles. The van der Waals surface area contributed by atoms with Crippen molar-refractivity contribution in [1.82, 2.24) is 45.7 Å². The van der Waals surface area contributed by atoms with Crippen molar-refractivity contribution in [3.8, 4) is 33.6 Å². The summed E-state index contributed by atoms with van der Waals surface area (Å²) in [6, 6.07) is 16.4. The lowest BCUT2D eigenvalue weighted by Gasteiger charge is -2.35. The number of hydrogen-bond acceptors (Lipinski definition) is 7. The predicted molar refractivity (Wildman–Crippen MR) is 228 cm³/mol. The minimum absolute atomic E-state index is 0.0172. The molecule has 6 heterocycles. The van der Waals surface area contributed by atoms with Gasteiger partial charge < -0.3 is 40.8 Å². The van der Waals surface area contributed by atoms with Crippen LogP contribution >= 0.6 is 11.8 Å². The van der Waals surface area contributed by atoms with Crippen molar-refractivity contribution in [2.24, 2.45) is 17.3 Å². The van der Waals surface area contributed by atoms with E-state index < -0.39 is 17.6 Å². The summed E-state index contributed by atoms with van der Waals surface area (Å²) < 4.78 is 0. The summed E-state index contributed by atoms with van der Waals surface area (Å²) in [4.78, 5) is 71.4. The zero-order chi connectivity index (χ0) is 41.4. The number of likely N-dealkylation sites (tertiary alicyclic amines) is 2. The largest absolute Gasteiger partial charge is 0.465 e. The molecule has 6 N–H and O–H groups in total. The molecule has 2 saturated carbocycles. The van der Waals surface area contributed by atoms with Crippen LogP contribution in [0.25, 0.3) is 33.6 Å². The lowest BCUT2D eigenvalue weighted by Crippen LogP contribution is -2.55. The molecule has 314 valence electrons. The number of hydrogen-bond donors (Lipinski definition) is 6. The first-order chi connectivity index (χ1) is 28.9.